The number of carbonyl (C=O) groups excluding carboxylic acids is 1. The van der Waals surface area contributed by atoms with Gasteiger partial charge in [-0.25, -0.2) is 4.79 Å². The van der Waals surface area contributed by atoms with Crippen molar-refractivity contribution in [2.45, 2.75) is 50.9 Å². The zero-order chi connectivity index (χ0) is 37.5. The normalized spacial score (nSPS) is 19.2. The average Bonchev–Trinajstić information content (AvgIpc) is 3.31. The van der Waals surface area contributed by atoms with Crippen LogP contribution in [0.5, 0.6) is 28.7 Å². The van der Waals surface area contributed by atoms with E-state index in [-0.39, 0.29) is 18.7 Å². The van der Waals surface area contributed by atoms with Crippen molar-refractivity contribution in [1.29, 1.82) is 5.26 Å². The van der Waals surface area contributed by atoms with E-state index in [1.54, 1.807) is 41.6 Å². The van der Waals surface area contributed by atoms with E-state index in [1.165, 1.54) is 6.08 Å². The van der Waals surface area contributed by atoms with Crippen LogP contribution in [0, 0.1) is 11.3 Å². The highest BCUT2D eigenvalue weighted by molar-refractivity contribution is 5.97. The molecule has 0 amide bonds. The molecule has 4 aromatic rings. The fraction of sp³-hybridized carbons (Fsp3) is 0.381. The predicted octanol–water partition coefficient (Wildman–Crippen LogP) is 7.18. The van der Waals surface area contributed by atoms with Gasteiger partial charge in [-0.05, 0) is 90.1 Å². The summed E-state index contributed by atoms with van der Waals surface area (Å²) < 4.78 is 34.4. The fourth-order valence-corrected chi connectivity index (χ4v) is 7.67. The Hall–Kier alpha value is -5.24. The van der Waals surface area contributed by atoms with Crippen LogP contribution >= 0.6 is 0 Å². The molecule has 0 aromatic heterocycles. The third kappa shape index (κ3) is 7.25. The third-order valence-electron chi connectivity index (χ3n) is 9.90. The predicted molar refractivity (Wildman–Crippen MR) is 203 cm³/mol. The van der Waals surface area contributed by atoms with Crippen LogP contribution in [0.1, 0.15) is 53.7 Å². The molecule has 52 heavy (non-hydrogen) atoms. The first kappa shape index (κ1) is 38.0. The van der Waals surface area contributed by atoms with Crippen LogP contribution < -0.4 is 23.7 Å². The van der Waals surface area contributed by atoms with Crippen molar-refractivity contribution in [2.75, 3.05) is 56.3 Å². The van der Waals surface area contributed by atoms with E-state index in [0.29, 0.717) is 35.8 Å². The molecule has 6 rings (SSSR count). The van der Waals surface area contributed by atoms with Crippen molar-refractivity contribution >= 4 is 22.8 Å². The number of nitriles is 1. The number of likely N-dealkylation sites (N-methyl/N-ethyl adjacent to an activating group) is 1. The Kier molecular flexibility index (Phi) is 12.3. The van der Waals surface area contributed by atoms with Crippen molar-refractivity contribution in [1.82, 2.24) is 9.80 Å². The van der Waals surface area contributed by atoms with Gasteiger partial charge in [-0.15, -0.1) is 0 Å². The number of esters is 1. The fourth-order valence-electron chi connectivity index (χ4n) is 7.67. The van der Waals surface area contributed by atoms with Gasteiger partial charge in [0.15, 0.2) is 23.0 Å². The minimum atomic E-state index is -0.534. The highest BCUT2D eigenvalue weighted by Gasteiger charge is 2.47. The van der Waals surface area contributed by atoms with Gasteiger partial charge in [-0.2, -0.15) is 5.26 Å². The molecule has 4 atom stereocenters. The highest BCUT2D eigenvalue weighted by Crippen LogP contribution is 2.48. The van der Waals surface area contributed by atoms with Gasteiger partial charge >= 0.3 is 5.97 Å². The first-order valence-corrected chi connectivity index (χ1v) is 17.5. The largest absolute Gasteiger partial charge is 0.496 e. The molecule has 0 aliphatic carbocycles. The van der Waals surface area contributed by atoms with Gasteiger partial charge in [-0.3, -0.25) is 4.90 Å². The van der Waals surface area contributed by atoms with Crippen molar-refractivity contribution in [3.8, 4) is 34.8 Å². The summed E-state index contributed by atoms with van der Waals surface area (Å²) in [6.07, 6.45) is 4.29. The topological polar surface area (TPSA) is 103 Å². The molecule has 0 radical (unpaired) electrons. The van der Waals surface area contributed by atoms with E-state index in [1.807, 2.05) is 88.6 Å². The molecule has 2 aliphatic heterocycles. The lowest BCUT2D eigenvalue weighted by Gasteiger charge is -2.48. The van der Waals surface area contributed by atoms with Crippen LogP contribution in [0.3, 0.4) is 0 Å². The second-order valence-corrected chi connectivity index (χ2v) is 12.7. The van der Waals surface area contributed by atoms with Crippen molar-refractivity contribution in [2.24, 2.45) is 0 Å². The Morgan fingerprint density at radius 2 is 1.35 bits per heavy atom. The highest BCUT2D eigenvalue weighted by atomic mass is 16.5. The summed E-state index contributed by atoms with van der Waals surface area (Å²) in [5.74, 6) is 2.70. The lowest BCUT2D eigenvalue weighted by atomic mass is 9.82. The molecule has 0 saturated carbocycles. The van der Waals surface area contributed by atoms with Gasteiger partial charge in [0.1, 0.15) is 18.4 Å². The Bertz CT molecular complexity index is 1970. The van der Waals surface area contributed by atoms with Gasteiger partial charge < -0.3 is 33.3 Å². The van der Waals surface area contributed by atoms with Crippen LogP contribution in [-0.4, -0.2) is 84.1 Å². The lowest BCUT2D eigenvalue weighted by Crippen LogP contribution is -2.54. The average molecular weight is 708 g/mol. The number of hydrogen-bond donors (Lipinski definition) is 0. The smallest absolute Gasteiger partial charge is 0.330 e. The first-order valence-electron chi connectivity index (χ1n) is 17.5. The van der Waals surface area contributed by atoms with Crippen LogP contribution in [0.15, 0.2) is 66.7 Å². The van der Waals surface area contributed by atoms with Gasteiger partial charge in [-0.1, -0.05) is 44.2 Å². The third-order valence-corrected chi connectivity index (χ3v) is 9.90. The minimum Gasteiger partial charge on any atom is -0.496 e. The molecule has 0 saturated heterocycles. The molecular formula is C42H49N3O7. The number of benzene rings is 4. The number of hydrogen-bond acceptors (Lipinski definition) is 10. The first-order chi connectivity index (χ1) is 25.3. The van der Waals surface area contributed by atoms with Crippen LogP contribution in [0.2, 0.25) is 0 Å². The second kappa shape index (κ2) is 16.9. The van der Waals surface area contributed by atoms with Crippen LogP contribution in [0.4, 0.5) is 0 Å². The van der Waals surface area contributed by atoms with Gasteiger partial charge in [0.2, 0.25) is 0 Å². The lowest BCUT2D eigenvalue weighted by molar-refractivity contribution is -0.140. The summed E-state index contributed by atoms with van der Waals surface area (Å²) in [5, 5.41) is 12.7. The zero-order valence-electron chi connectivity index (χ0n) is 31.6. The molecular weight excluding hydrogens is 658 g/mol. The van der Waals surface area contributed by atoms with E-state index in [0.717, 1.165) is 44.3 Å². The maximum atomic E-state index is 13.4. The summed E-state index contributed by atoms with van der Waals surface area (Å²) >= 11 is 0. The van der Waals surface area contributed by atoms with E-state index >= 15 is 0 Å². The number of nitrogens with zero attached hydrogens (tertiary/aromatic N) is 3. The molecule has 0 N–H and O–H groups in total. The minimum absolute atomic E-state index is 0.0207. The SMILES string of the molecule is CC.COc1cc2c(cc1OC)[C@@H](N(C)C)C1Cc3cc(OC)c(OC)cc3[C@H](COC(=O)/C=C/c3ccc(OC)c4ccccc34)N1[C@@H](C#N)C2. The standard InChI is InChI=1S/C40H43N3O7.C2H6/c1-42(2)40-31-21-38(49-7)35(46-4)18-25(31)16-27(22-41)43-32(40)17-26-19-36(47-5)37(48-6)20-30(26)33(43)23-50-39(44)15-13-24-12-14-34(45-3)29-11-9-8-10-28(24)29;1-2/h8-15,18-21,27,32-33,40H,16-17,23H2,1-7H3;1-2H3/b15-13+;/t27-,32?,33+,40-;/m1./s1. The maximum Gasteiger partial charge on any atom is 0.330 e. The molecule has 1 unspecified atom stereocenters. The molecule has 2 aliphatic rings. The molecule has 4 aromatic carbocycles. The Balaban J connectivity index is 0.00000257. The van der Waals surface area contributed by atoms with Crippen LogP contribution in [-0.2, 0) is 22.4 Å². The summed E-state index contributed by atoms with van der Waals surface area (Å²) in [4.78, 5) is 17.8. The Morgan fingerprint density at radius 3 is 1.92 bits per heavy atom. The molecule has 0 fully saturated rings. The molecule has 2 heterocycles. The number of fused-ring (bicyclic) bond motifs is 4. The summed E-state index contributed by atoms with van der Waals surface area (Å²) in [6.45, 7) is 4.02. The number of ether oxygens (including phenoxy) is 6. The molecule has 10 nitrogen and oxygen atoms in total. The van der Waals surface area contributed by atoms with Crippen LogP contribution in [0.25, 0.3) is 16.8 Å². The van der Waals surface area contributed by atoms with Crippen molar-refractivity contribution in [3.05, 3.63) is 94.6 Å². The van der Waals surface area contributed by atoms with Gasteiger partial charge in [0.25, 0.3) is 0 Å². The van der Waals surface area contributed by atoms with E-state index < -0.39 is 18.1 Å². The van der Waals surface area contributed by atoms with E-state index in [4.69, 9.17) is 28.4 Å². The maximum absolute atomic E-state index is 13.4. The Labute approximate surface area is 307 Å². The monoisotopic (exact) mass is 707 g/mol. The zero-order valence-corrected chi connectivity index (χ0v) is 31.6. The number of rotatable bonds is 10. The molecule has 10 heteroatoms. The summed E-state index contributed by atoms with van der Waals surface area (Å²) in [5.41, 5.74) is 4.91. The second-order valence-electron chi connectivity index (χ2n) is 12.7. The van der Waals surface area contributed by atoms with Crippen molar-refractivity contribution < 1.29 is 33.2 Å². The number of carbonyl (C=O) groups is 1. The van der Waals surface area contributed by atoms with Gasteiger partial charge in [0, 0.05) is 23.9 Å². The Morgan fingerprint density at radius 1 is 0.788 bits per heavy atom. The quantitative estimate of drug-likeness (QED) is 0.124. The molecule has 274 valence electrons. The van der Waals surface area contributed by atoms with Gasteiger partial charge in [0.05, 0.1) is 53.7 Å². The molecule has 0 spiro atoms. The van der Waals surface area contributed by atoms with Crippen molar-refractivity contribution in [3.63, 3.8) is 0 Å². The summed E-state index contributed by atoms with van der Waals surface area (Å²) in [6, 6.07) is 21.0. The number of methoxy groups -OCH3 is 5. The summed E-state index contributed by atoms with van der Waals surface area (Å²) in [7, 11) is 12.2. The van der Waals surface area contributed by atoms with E-state index in [2.05, 4.69) is 15.9 Å². The molecule has 0 bridgehead atoms. The van der Waals surface area contributed by atoms with E-state index in [9.17, 15) is 10.1 Å².